The maximum Gasteiger partial charge on any atom is 0.255 e. The van der Waals surface area contributed by atoms with Gasteiger partial charge in [-0.1, -0.05) is 55.5 Å². The Morgan fingerprint density at radius 3 is 2.37 bits per heavy atom. The molecule has 0 spiro atoms. The monoisotopic (exact) mass is 555 g/mol. The third-order valence-corrected chi connectivity index (χ3v) is 7.79. The van der Waals surface area contributed by atoms with E-state index < -0.39 is 11.9 Å². The molecule has 0 aromatic heterocycles. The van der Waals surface area contributed by atoms with Gasteiger partial charge in [0.2, 0.25) is 11.8 Å². The van der Waals surface area contributed by atoms with Crippen molar-refractivity contribution in [1.29, 1.82) is 0 Å². The number of nitrogens with one attached hydrogen (secondary N) is 1. The van der Waals surface area contributed by atoms with E-state index in [9.17, 15) is 14.4 Å². The van der Waals surface area contributed by atoms with Crippen molar-refractivity contribution < 1.29 is 23.9 Å². The minimum Gasteiger partial charge on any atom is -0.490 e. The number of hydrogen-bond acceptors (Lipinski definition) is 6. The van der Waals surface area contributed by atoms with Crippen LogP contribution >= 0.6 is 0 Å². The molecular formula is C33H37N3O5. The Morgan fingerprint density at radius 2 is 1.66 bits per heavy atom. The van der Waals surface area contributed by atoms with Crippen molar-refractivity contribution >= 4 is 17.7 Å². The van der Waals surface area contributed by atoms with Crippen LogP contribution in [0.15, 0.2) is 72.8 Å². The number of ether oxygens (including phenoxy) is 2. The molecule has 2 aliphatic rings. The standard InChI is InChI=1S/C33H37N3O5/c1-3-31(37)34-32(38)23(2)36-21-29-28(33(36)39)10-7-11-30(29)40-22-25-14-12-24(13-15-25)20-35-18-16-27(17-19-35)41-26-8-5-4-6-9-26/h4-15,23,27H,3,16-22H2,1-2H3,(H,34,37,38). The van der Waals surface area contributed by atoms with Gasteiger partial charge in [-0.05, 0) is 55.2 Å². The lowest BCUT2D eigenvalue weighted by Crippen LogP contribution is -2.46. The predicted molar refractivity (Wildman–Crippen MR) is 155 cm³/mol. The number of para-hydroxylation sites is 1. The summed E-state index contributed by atoms with van der Waals surface area (Å²) < 4.78 is 12.3. The molecule has 8 heteroatoms. The molecule has 0 aliphatic carbocycles. The Bertz CT molecular complexity index is 1370. The van der Waals surface area contributed by atoms with E-state index in [1.165, 1.54) is 10.5 Å². The number of nitrogens with zero attached hydrogens (tertiary/aromatic N) is 2. The largest absolute Gasteiger partial charge is 0.490 e. The summed E-state index contributed by atoms with van der Waals surface area (Å²) in [4.78, 5) is 41.1. The van der Waals surface area contributed by atoms with Crippen molar-refractivity contribution in [2.24, 2.45) is 0 Å². The molecule has 0 radical (unpaired) electrons. The summed E-state index contributed by atoms with van der Waals surface area (Å²) >= 11 is 0. The highest BCUT2D eigenvalue weighted by atomic mass is 16.5. The zero-order valence-corrected chi connectivity index (χ0v) is 23.7. The number of rotatable bonds is 10. The molecule has 8 nitrogen and oxygen atoms in total. The highest BCUT2D eigenvalue weighted by molar-refractivity contribution is 6.04. The fraction of sp³-hybridized carbons (Fsp3) is 0.364. The highest BCUT2D eigenvalue weighted by Gasteiger charge is 2.36. The molecule has 3 aromatic carbocycles. The number of carbonyl (C=O) groups is 3. The molecule has 2 aliphatic heterocycles. The Balaban J connectivity index is 1.12. The topological polar surface area (TPSA) is 88.2 Å². The number of fused-ring (bicyclic) bond motifs is 1. The second-order valence-corrected chi connectivity index (χ2v) is 10.7. The number of piperidine rings is 1. The van der Waals surface area contributed by atoms with Crippen LogP contribution in [0.2, 0.25) is 0 Å². The third kappa shape index (κ3) is 6.95. The van der Waals surface area contributed by atoms with Crippen LogP contribution < -0.4 is 14.8 Å². The summed E-state index contributed by atoms with van der Waals surface area (Å²) in [5.41, 5.74) is 3.58. The van der Waals surface area contributed by atoms with Crippen molar-refractivity contribution in [3.05, 3.63) is 95.1 Å². The van der Waals surface area contributed by atoms with E-state index >= 15 is 0 Å². The van der Waals surface area contributed by atoms with Gasteiger partial charge < -0.3 is 14.4 Å². The van der Waals surface area contributed by atoms with E-state index in [0.29, 0.717) is 17.9 Å². The maximum absolute atomic E-state index is 13.0. The molecule has 3 amide bonds. The van der Waals surface area contributed by atoms with Crippen LogP contribution in [-0.2, 0) is 29.3 Å². The molecule has 1 N–H and O–H groups in total. The van der Waals surface area contributed by atoms with Crippen molar-refractivity contribution in [1.82, 2.24) is 15.1 Å². The molecule has 1 atom stereocenters. The van der Waals surface area contributed by atoms with Crippen LogP contribution in [0.5, 0.6) is 11.5 Å². The molecule has 2 heterocycles. The Labute approximate surface area is 241 Å². The Hall–Kier alpha value is -4.17. The zero-order valence-electron chi connectivity index (χ0n) is 23.7. The molecule has 3 aromatic rings. The van der Waals surface area contributed by atoms with Crippen molar-refractivity contribution in [2.75, 3.05) is 13.1 Å². The maximum atomic E-state index is 13.0. The quantitative estimate of drug-likeness (QED) is 0.390. The second kappa shape index (κ2) is 13.0. The minimum absolute atomic E-state index is 0.203. The van der Waals surface area contributed by atoms with Gasteiger partial charge in [0.15, 0.2) is 0 Å². The van der Waals surface area contributed by atoms with Gasteiger partial charge in [-0.2, -0.15) is 0 Å². The molecule has 41 heavy (non-hydrogen) atoms. The van der Waals surface area contributed by atoms with Crippen LogP contribution in [0.4, 0.5) is 0 Å². The number of amides is 3. The number of carbonyl (C=O) groups excluding carboxylic acids is 3. The van der Waals surface area contributed by atoms with Crippen molar-refractivity contribution in [3.8, 4) is 11.5 Å². The van der Waals surface area contributed by atoms with Gasteiger partial charge >= 0.3 is 0 Å². The van der Waals surface area contributed by atoms with E-state index in [0.717, 1.165) is 49.4 Å². The van der Waals surface area contributed by atoms with E-state index in [2.05, 4.69) is 34.5 Å². The third-order valence-electron chi connectivity index (χ3n) is 7.79. The highest BCUT2D eigenvalue weighted by Crippen LogP contribution is 2.32. The average molecular weight is 556 g/mol. The fourth-order valence-corrected chi connectivity index (χ4v) is 5.28. The SMILES string of the molecule is CCC(=O)NC(=O)C(C)N1Cc2c(OCc3ccc(CN4CCC(Oc5ccccc5)CC4)cc3)cccc2C1=O. The number of hydrogen-bond donors (Lipinski definition) is 1. The van der Waals surface area contributed by atoms with Crippen LogP contribution in [0.3, 0.4) is 0 Å². The van der Waals surface area contributed by atoms with Gasteiger partial charge in [0, 0.05) is 37.2 Å². The Morgan fingerprint density at radius 1 is 0.951 bits per heavy atom. The van der Waals surface area contributed by atoms with Crippen molar-refractivity contribution in [3.63, 3.8) is 0 Å². The van der Waals surface area contributed by atoms with E-state index in [-0.39, 0.29) is 30.9 Å². The average Bonchev–Trinajstić information content (AvgIpc) is 3.34. The van der Waals surface area contributed by atoms with E-state index in [4.69, 9.17) is 9.47 Å². The zero-order chi connectivity index (χ0) is 28.8. The van der Waals surface area contributed by atoms with E-state index in [1.54, 1.807) is 26.0 Å². The lowest BCUT2D eigenvalue weighted by Gasteiger charge is -2.32. The smallest absolute Gasteiger partial charge is 0.255 e. The first-order chi connectivity index (χ1) is 19.9. The van der Waals surface area contributed by atoms with Crippen LogP contribution in [-0.4, -0.2) is 52.8 Å². The first-order valence-electron chi connectivity index (χ1n) is 14.3. The van der Waals surface area contributed by atoms with Gasteiger partial charge in [-0.3, -0.25) is 24.6 Å². The molecular weight excluding hydrogens is 518 g/mol. The van der Waals surface area contributed by atoms with Crippen LogP contribution in [0.1, 0.15) is 60.2 Å². The van der Waals surface area contributed by atoms with Crippen molar-refractivity contribution in [2.45, 2.75) is 65.0 Å². The number of imide groups is 1. The second-order valence-electron chi connectivity index (χ2n) is 10.7. The molecule has 5 rings (SSSR count). The number of benzene rings is 3. The first-order valence-corrected chi connectivity index (χ1v) is 14.3. The van der Waals surface area contributed by atoms with Gasteiger partial charge in [-0.15, -0.1) is 0 Å². The summed E-state index contributed by atoms with van der Waals surface area (Å²) in [6.07, 6.45) is 2.50. The number of likely N-dealkylation sites (tertiary alicyclic amines) is 1. The first kappa shape index (κ1) is 28.4. The fourth-order valence-electron chi connectivity index (χ4n) is 5.28. The Kier molecular flexibility index (Phi) is 8.99. The lowest BCUT2D eigenvalue weighted by molar-refractivity contribution is -0.132. The van der Waals surface area contributed by atoms with Gasteiger partial charge in [0.1, 0.15) is 30.3 Å². The summed E-state index contributed by atoms with van der Waals surface area (Å²) in [6, 6.07) is 23.1. The predicted octanol–water partition coefficient (Wildman–Crippen LogP) is 4.71. The molecule has 1 saturated heterocycles. The lowest BCUT2D eigenvalue weighted by atomic mass is 10.1. The molecule has 1 fully saturated rings. The van der Waals surface area contributed by atoms with Gasteiger partial charge in [0.05, 0.1) is 6.54 Å². The summed E-state index contributed by atoms with van der Waals surface area (Å²) in [5.74, 6) is 0.483. The summed E-state index contributed by atoms with van der Waals surface area (Å²) in [6.45, 7) is 6.84. The van der Waals surface area contributed by atoms with Gasteiger partial charge in [0.25, 0.3) is 5.91 Å². The normalized spacial score (nSPS) is 16.2. The molecule has 0 bridgehead atoms. The summed E-state index contributed by atoms with van der Waals surface area (Å²) in [5, 5.41) is 2.34. The van der Waals surface area contributed by atoms with Gasteiger partial charge in [-0.25, -0.2) is 0 Å². The molecule has 1 unspecified atom stereocenters. The molecule has 214 valence electrons. The molecule has 0 saturated carbocycles. The van der Waals surface area contributed by atoms with E-state index in [1.807, 2.05) is 36.4 Å². The van der Waals surface area contributed by atoms with Crippen LogP contribution in [0, 0.1) is 0 Å². The summed E-state index contributed by atoms with van der Waals surface area (Å²) in [7, 11) is 0. The minimum atomic E-state index is -0.770. The van der Waals surface area contributed by atoms with Crippen LogP contribution in [0.25, 0.3) is 0 Å².